The van der Waals surface area contributed by atoms with Crippen molar-refractivity contribution < 1.29 is 62.2 Å². The van der Waals surface area contributed by atoms with Gasteiger partial charge in [-0.05, 0) is 0 Å². The van der Waals surface area contributed by atoms with Crippen LogP contribution in [0.1, 0.15) is 27.7 Å². The van der Waals surface area contributed by atoms with Gasteiger partial charge in [0.15, 0.2) is 24.6 Å². The molecule has 3 rings (SSSR count). The van der Waals surface area contributed by atoms with E-state index in [1.807, 2.05) is 0 Å². The van der Waals surface area contributed by atoms with Gasteiger partial charge in [-0.3, -0.25) is 19.2 Å². The molecule has 3 fully saturated rings. The molecule has 0 aromatic heterocycles. The lowest BCUT2D eigenvalue weighted by Gasteiger charge is -2.44. The zero-order valence-electron chi connectivity index (χ0n) is 18.7. The quantitative estimate of drug-likeness (QED) is 0.338. The SMILES string of the molecule is CC(=O)OC[C@H]1O[C@@H](O[C@H]2CO[C@H]3[C@@H]2OC[C@H]3O)[C@H](OC(C)=O)[C@@H](OC(C)=O)[C@H]1OC(C)=O. The largest absolute Gasteiger partial charge is 0.463 e. The van der Waals surface area contributed by atoms with E-state index in [0.717, 1.165) is 20.8 Å². The summed E-state index contributed by atoms with van der Waals surface area (Å²) in [6.45, 7) is 4.34. The summed E-state index contributed by atoms with van der Waals surface area (Å²) < 4.78 is 44.0. The van der Waals surface area contributed by atoms with Crippen molar-refractivity contribution in [1.29, 1.82) is 0 Å². The average Bonchev–Trinajstić information content (AvgIpc) is 3.27. The molecule has 186 valence electrons. The first kappa shape index (κ1) is 25.3. The minimum absolute atomic E-state index is 0.0548. The summed E-state index contributed by atoms with van der Waals surface area (Å²) in [5.41, 5.74) is 0. The minimum Gasteiger partial charge on any atom is -0.463 e. The Balaban J connectivity index is 1.89. The summed E-state index contributed by atoms with van der Waals surface area (Å²) in [5, 5.41) is 9.96. The van der Waals surface area contributed by atoms with E-state index in [9.17, 15) is 24.3 Å². The van der Waals surface area contributed by atoms with Crippen LogP contribution in [0.4, 0.5) is 0 Å². The molecule has 3 aliphatic heterocycles. The number of aliphatic hydroxyl groups is 1. The van der Waals surface area contributed by atoms with Gasteiger partial charge in [0.25, 0.3) is 0 Å². The Labute approximate surface area is 189 Å². The van der Waals surface area contributed by atoms with Gasteiger partial charge in [-0.2, -0.15) is 0 Å². The molecule has 0 radical (unpaired) electrons. The van der Waals surface area contributed by atoms with Crippen LogP contribution in [0.15, 0.2) is 0 Å². The van der Waals surface area contributed by atoms with Crippen molar-refractivity contribution >= 4 is 23.9 Å². The molecule has 0 bridgehead atoms. The highest BCUT2D eigenvalue weighted by atomic mass is 16.8. The first-order valence-electron chi connectivity index (χ1n) is 10.4. The minimum atomic E-state index is -1.34. The van der Waals surface area contributed by atoms with E-state index in [2.05, 4.69) is 0 Å². The van der Waals surface area contributed by atoms with E-state index in [-0.39, 0.29) is 19.8 Å². The highest BCUT2D eigenvalue weighted by Crippen LogP contribution is 2.34. The molecule has 0 saturated carbocycles. The number of hydrogen-bond donors (Lipinski definition) is 1. The maximum Gasteiger partial charge on any atom is 0.303 e. The summed E-state index contributed by atoms with van der Waals surface area (Å²) in [4.78, 5) is 46.8. The summed E-state index contributed by atoms with van der Waals surface area (Å²) >= 11 is 0. The van der Waals surface area contributed by atoms with E-state index in [4.69, 9.17) is 37.9 Å². The van der Waals surface area contributed by atoms with Crippen LogP contribution < -0.4 is 0 Å². The van der Waals surface area contributed by atoms with Crippen molar-refractivity contribution in [3.8, 4) is 0 Å². The van der Waals surface area contributed by atoms with Crippen molar-refractivity contribution in [3.05, 3.63) is 0 Å². The summed E-state index contributed by atoms with van der Waals surface area (Å²) in [6, 6.07) is 0. The molecule has 0 spiro atoms. The number of rotatable bonds is 7. The summed E-state index contributed by atoms with van der Waals surface area (Å²) in [7, 11) is 0. The molecule has 3 aliphatic rings. The number of aliphatic hydroxyl groups excluding tert-OH is 1. The Morgan fingerprint density at radius 2 is 1.36 bits per heavy atom. The van der Waals surface area contributed by atoms with Gasteiger partial charge in [-0.1, -0.05) is 0 Å². The summed E-state index contributed by atoms with van der Waals surface area (Å²) in [5.74, 6) is -2.82. The van der Waals surface area contributed by atoms with E-state index < -0.39 is 79.0 Å². The second kappa shape index (κ2) is 10.7. The van der Waals surface area contributed by atoms with Crippen LogP contribution in [0.5, 0.6) is 0 Å². The molecular formula is C20H28O13. The van der Waals surface area contributed by atoms with Crippen molar-refractivity contribution in [2.24, 2.45) is 0 Å². The second-order valence-electron chi connectivity index (χ2n) is 7.91. The van der Waals surface area contributed by atoms with Crippen LogP contribution in [-0.2, 0) is 57.1 Å². The monoisotopic (exact) mass is 476 g/mol. The molecule has 0 aromatic rings. The zero-order valence-corrected chi connectivity index (χ0v) is 18.7. The normalized spacial score (nSPS) is 37.7. The van der Waals surface area contributed by atoms with Crippen LogP contribution >= 0.6 is 0 Å². The molecule has 1 N–H and O–H groups in total. The molecule has 13 nitrogen and oxygen atoms in total. The molecule has 0 aromatic carbocycles. The first-order valence-corrected chi connectivity index (χ1v) is 10.4. The van der Waals surface area contributed by atoms with Gasteiger partial charge in [-0.15, -0.1) is 0 Å². The van der Waals surface area contributed by atoms with Crippen LogP contribution in [0.3, 0.4) is 0 Å². The Bertz CT molecular complexity index is 754. The molecule has 33 heavy (non-hydrogen) atoms. The predicted molar refractivity (Wildman–Crippen MR) is 102 cm³/mol. The molecule has 3 saturated heterocycles. The van der Waals surface area contributed by atoms with Crippen molar-refractivity contribution in [3.63, 3.8) is 0 Å². The maximum absolute atomic E-state index is 11.8. The number of hydrogen-bond acceptors (Lipinski definition) is 13. The van der Waals surface area contributed by atoms with E-state index >= 15 is 0 Å². The third-order valence-electron chi connectivity index (χ3n) is 5.24. The summed E-state index contributed by atoms with van der Waals surface area (Å²) in [6.07, 6.45) is -9.13. The number of fused-ring (bicyclic) bond motifs is 1. The van der Waals surface area contributed by atoms with Crippen LogP contribution in [0, 0.1) is 0 Å². The third-order valence-corrected chi connectivity index (χ3v) is 5.24. The lowest BCUT2D eigenvalue weighted by molar-refractivity contribution is -0.320. The molecule has 0 amide bonds. The number of esters is 4. The maximum atomic E-state index is 11.8. The first-order chi connectivity index (χ1) is 15.6. The standard InChI is InChI=1S/C20H28O13/c1-8(21)26-6-14-17(29-9(2)22)18(30-10(3)23)19(31-11(4)24)20(33-14)32-13-7-28-15-12(25)5-27-16(13)15/h12-20,25H,5-7H2,1-4H3/t12-,13+,14-,15-,16-,17+,18+,19-,20-/m1/s1. The lowest BCUT2D eigenvalue weighted by atomic mass is 9.98. The molecule has 13 heteroatoms. The van der Waals surface area contributed by atoms with E-state index in [1.165, 1.54) is 6.92 Å². The van der Waals surface area contributed by atoms with Gasteiger partial charge in [0, 0.05) is 27.7 Å². The lowest BCUT2D eigenvalue weighted by Crippen LogP contribution is -2.63. The molecule has 0 unspecified atom stereocenters. The average molecular weight is 476 g/mol. The van der Waals surface area contributed by atoms with Crippen molar-refractivity contribution in [2.75, 3.05) is 19.8 Å². The van der Waals surface area contributed by atoms with Crippen molar-refractivity contribution in [2.45, 2.75) is 82.8 Å². The van der Waals surface area contributed by atoms with E-state index in [1.54, 1.807) is 0 Å². The Hall–Kier alpha value is -2.32. The van der Waals surface area contributed by atoms with Gasteiger partial charge >= 0.3 is 23.9 Å². The van der Waals surface area contributed by atoms with Gasteiger partial charge in [0.2, 0.25) is 0 Å². The fraction of sp³-hybridized carbons (Fsp3) is 0.800. The molecule has 3 heterocycles. The number of carbonyl (C=O) groups excluding carboxylic acids is 4. The van der Waals surface area contributed by atoms with Crippen LogP contribution in [-0.4, -0.2) is 104 Å². The van der Waals surface area contributed by atoms with Gasteiger partial charge in [0.1, 0.15) is 37.1 Å². The second-order valence-corrected chi connectivity index (χ2v) is 7.91. The van der Waals surface area contributed by atoms with E-state index in [0.29, 0.717) is 0 Å². The topological polar surface area (TPSA) is 162 Å². The molecular weight excluding hydrogens is 448 g/mol. The van der Waals surface area contributed by atoms with Gasteiger partial charge in [-0.25, -0.2) is 0 Å². The van der Waals surface area contributed by atoms with Gasteiger partial charge < -0.3 is 43.0 Å². The Morgan fingerprint density at radius 1 is 0.788 bits per heavy atom. The number of ether oxygens (including phenoxy) is 8. The molecule has 9 atom stereocenters. The third kappa shape index (κ3) is 6.18. The number of carbonyl (C=O) groups is 4. The predicted octanol–water partition coefficient (Wildman–Crippen LogP) is -1.39. The molecule has 0 aliphatic carbocycles. The van der Waals surface area contributed by atoms with Gasteiger partial charge in [0.05, 0.1) is 13.2 Å². The fourth-order valence-electron chi connectivity index (χ4n) is 4.03. The zero-order chi connectivity index (χ0) is 24.3. The highest BCUT2D eigenvalue weighted by Gasteiger charge is 2.55. The van der Waals surface area contributed by atoms with Crippen LogP contribution in [0.2, 0.25) is 0 Å². The van der Waals surface area contributed by atoms with Crippen molar-refractivity contribution in [1.82, 2.24) is 0 Å². The fourth-order valence-corrected chi connectivity index (χ4v) is 4.03. The smallest absolute Gasteiger partial charge is 0.303 e. The van der Waals surface area contributed by atoms with Crippen LogP contribution in [0.25, 0.3) is 0 Å². The Morgan fingerprint density at radius 3 is 1.97 bits per heavy atom. The Kier molecular flexibility index (Phi) is 8.23. The highest BCUT2D eigenvalue weighted by molar-refractivity contribution is 5.68.